The summed E-state index contributed by atoms with van der Waals surface area (Å²) < 4.78 is 4.27. The zero-order valence-corrected chi connectivity index (χ0v) is 20.2. The van der Waals surface area contributed by atoms with E-state index >= 15 is 0 Å². The van der Waals surface area contributed by atoms with Crippen LogP contribution >= 0.6 is 24.8 Å². The number of benzene rings is 1. The number of hydrogen-bond donors (Lipinski definition) is 1. The third-order valence-electron chi connectivity index (χ3n) is 7.31. The van der Waals surface area contributed by atoms with Crippen LogP contribution in [-0.2, 0) is 13.1 Å². The highest BCUT2D eigenvalue weighted by Gasteiger charge is 2.32. The molecule has 3 aromatic rings. The lowest BCUT2D eigenvalue weighted by atomic mass is 9.84. The Morgan fingerprint density at radius 1 is 1.03 bits per heavy atom. The highest BCUT2D eigenvalue weighted by molar-refractivity contribution is 5.85. The molecule has 33 heavy (non-hydrogen) atoms. The van der Waals surface area contributed by atoms with Crippen LogP contribution in [0.1, 0.15) is 36.1 Å². The van der Waals surface area contributed by atoms with Gasteiger partial charge in [-0.1, -0.05) is 30.3 Å². The van der Waals surface area contributed by atoms with Crippen LogP contribution in [0.15, 0.2) is 59.7 Å². The minimum Gasteiger partial charge on any atom is -0.326 e. The molecule has 2 saturated heterocycles. The third-order valence-corrected chi connectivity index (χ3v) is 7.31. The van der Waals surface area contributed by atoms with Crippen molar-refractivity contribution in [3.63, 3.8) is 0 Å². The Morgan fingerprint density at radius 2 is 1.88 bits per heavy atom. The maximum Gasteiger partial charge on any atom is 0.261 e. The predicted octanol–water partition coefficient (Wildman–Crippen LogP) is 3.71. The average molecular weight is 488 g/mol. The van der Waals surface area contributed by atoms with Gasteiger partial charge < -0.3 is 14.5 Å². The number of likely N-dealkylation sites (tertiary alicyclic amines) is 1. The highest BCUT2D eigenvalue weighted by atomic mass is 35.5. The first-order valence-electron chi connectivity index (χ1n) is 11.5. The number of nitrogens with one attached hydrogen (secondary N) is 1. The second-order valence-electron chi connectivity index (χ2n) is 9.37. The molecule has 176 valence electrons. The Kier molecular flexibility index (Phi) is 7.29. The normalized spacial score (nSPS) is 23.9. The van der Waals surface area contributed by atoms with E-state index < -0.39 is 0 Å². The van der Waals surface area contributed by atoms with Gasteiger partial charge in [0.05, 0.1) is 5.56 Å². The van der Waals surface area contributed by atoms with E-state index in [1.807, 2.05) is 23.0 Å². The maximum absolute atomic E-state index is 13.5. The largest absolute Gasteiger partial charge is 0.326 e. The molecule has 2 fully saturated rings. The fraction of sp³-hybridized carbons (Fsp3) is 0.440. The summed E-state index contributed by atoms with van der Waals surface area (Å²) in [4.78, 5) is 20.6. The zero-order chi connectivity index (χ0) is 20.8. The van der Waals surface area contributed by atoms with Crippen LogP contribution in [-0.4, -0.2) is 45.2 Å². The van der Waals surface area contributed by atoms with Gasteiger partial charge in [-0.2, -0.15) is 0 Å². The lowest BCUT2D eigenvalue weighted by Crippen LogP contribution is -2.45. The second-order valence-corrected chi connectivity index (χ2v) is 9.37. The van der Waals surface area contributed by atoms with E-state index in [0.717, 1.165) is 57.1 Å². The molecule has 0 spiro atoms. The van der Waals surface area contributed by atoms with Crippen LogP contribution < -0.4 is 10.9 Å². The molecule has 0 unspecified atom stereocenters. The van der Waals surface area contributed by atoms with E-state index in [4.69, 9.17) is 0 Å². The summed E-state index contributed by atoms with van der Waals surface area (Å²) >= 11 is 0. The van der Waals surface area contributed by atoms with Crippen molar-refractivity contribution >= 4 is 24.8 Å². The maximum atomic E-state index is 13.5. The van der Waals surface area contributed by atoms with E-state index in [-0.39, 0.29) is 30.4 Å². The lowest BCUT2D eigenvalue weighted by molar-refractivity contribution is 0.257. The summed E-state index contributed by atoms with van der Waals surface area (Å²) in [6.07, 6.45) is 6.17. The number of imidazole rings is 1. The zero-order valence-electron chi connectivity index (χ0n) is 18.6. The van der Waals surface area contributed by atoms with Gasteiger partial charge in [-0.25, -0.2) is 4.98 Å². The molecule has 5 heterocycles. The van der Waals surface area contributed by atoms with Crippen LogP contribution in [0.2, 0.25) is 0 Å². The topological polar surface area (TPSA) is 55.1 Å². The Balaban J connectivity index is 0.00000130. The van der Waals surface area contributed by atoms with Crippen molar-refractivity contribution in [1.82, 2.24) is 24.3 Å². The van der Waals surface area contributed by atoms with Crippen molar-refractivity contribution in [3.8, 4) is 11.4 Å². The summed E-state index contributed by atoms with van der Waals surface area (Å²) in [7, 11) is 0. The molecule has 2 aromatic heterocycles. The monoisotopic (exact) mass is 487 g/mol. The number of halogens is 2. The fourth-order valence-corrected chi connectivity index (χ4v) is 5.80. The molecule has 2 bridgehead atoms. The number of nitrogens with zero attached hydrogens (tertiary/aromatic N) is 4. The predicted molar refractivity (Wildman–Crippen MR) is 136 cm³/mol. The van der Waals surface area contributed by atoms with E-state index in [2.05, 4.69) is 56.2 Å². The lowest BCUT2D eigenvalue weighted by Gasteiger charge is -2.37. The number of fused-ring (bicyclic) bond motifs is 4. The van der Waals surface area contributed by atoms with Crippen LogP contribution in [0, 0.1) is 5.92 Å². The Morgan fingerprint density at radius 3 is 2.73 bits per heavy atom. The van der Waals surface area contributed by atoms with E-state index in [0.29, 0.717) is 17.9 Å². The van der Waals surface area contributed by atoms with Gasteiger partial charge in [0, 0.05) is 62.8 Å². The number of pyridine rings is 1. The molecule has 0 amide bonds. The van der Waals surface area contributed by atoms with E-state index in [9.17, 15) is 4.79 Å². The molecule has 0 radical (unpaired) electrons. The molecule has 3 atom stereocenters. The van der Waals surface area contributed by atoms with Gasteiger partial charge in [0.2, 0.25) is 0 Å². The fourth-order valence-electron chi connectivity index (χ4n) is 5.80. The first kappa shape index (κ1) is 24.0. The number of aromatic nitrogens is 3. The van der Waals surface area contributed by atoms with Crippen LogP contribution in [0.25, 0.3) is 11.4 Å². The van der Waals surface area contributed by atoms with Gasteiger partial charge in [-0.15, -0.1) is 24.8 Å². The standard InChI is InChI=1S/C25H29N5O.2ClH/c31-25-22(6-7-23-20-12-19(13-26-14-20)16-30(23)25)24-27-9-11-29(24)21-8-10-28(17-21)15-18-4-2-1-3-5-18;;/h1-7,9,11,19-21,26H,8,10,12-17H2;2*1H/t19-,20+,21-;;/m0../s1. The van der Waals surface area contributed by atoms with Crippen molar-refractivity contribution in [2.24, 2.45) is 5.92 Å². The van der Waals surface area contributed by atoms with Gasteiger partial charge in [0.15, 0.2) is 0 Å². The van der Waals surface area contributed by atoms with Crippen molar-refractivity contribution in [2.75, 3.05) is 26.2 Å². The van der Waals surface area contributed by atoms with Crippen molar-refractivity contribution in [2.45, 2.75) is 37.9 Å². The van der Waals surface area contributed by atoms with Crippen LogP contribution in [0.5, 0.6) is 0 Å². The van der Waals surface area contributed by atoms with Gasteiger partial charge in [0.25, 0.3) is 5.56 Å². The second kappa shape index (κ2) is 10.0. The minimum atomic E-state index is 0. The first-order valence-corrected chi connectivity index (χ1v) is 11.5. The van der Waals surface area contributed by atoms with Crippen molar-refractivity contribution < 1.29 is 0 Å². The average Bonchev–Trinajstić information content (AvgIpc) is 3.45. The molecule has 1 N–H and O–H groups in total. The molecule has 1 aromatic carbocycles. The van der Waals surface area contributed by atoms with Gasteiger partial charge in [-0.05, 0) is 43.0 Å². The van der Waals surface area contributed by atoms with E-state index in [1.165, 1.54) is 17.7 Å². The van der Waals surface area contributed by atoms with E-state index in [1.54, 1.807) is 0 Å². The molecule has 6 nitrogen and oxygen atoms in total. The molecule has 3 aliphatic heterocycles. The van der Waals surface area contributed by atoms with Crippen molar-refractivity contribution in [1.29, 1.82) is 0 Å². The summed E-state index contributed by atoms with van der Waals surface area (Å²) in [6, 6.07) is 15.2. The molecule has 0 saturated carbocycles. The molecule has 8 heteroatoms. The smallest absolute Gasteiger partial charge is 0.261 e. The summed E-state index contributed by atoms with van der Waals surface area (Å²) in [5.74, 6) is 1.83. The highest BCUT2D eigenvalue weighted by Crippen LogP contribution is 2.33. The molecular weight excluding hydrogens is 457 g/mol. The van der Waals surface area contributed by atoms with Gasteiger partial charge in [0.1, 0.15) is 5.82 Å². The van der Waals surface area contributed by atoms with Gasteiger partial charge >= 0.3 is 0 Å². The molecule has 6 rings (SSSR count). The molecule has 3 aliphatic rings. The Bertz CT molecular complexity index is 1150. The summed E-state index contributed by atoms with van der Waals surface area (Å²) in [6.45, 7) is 5.83. The Labute approximate surface area is 206 Å². The minimum absolute atomic E-state index is 0. The van der Waals surface area contributed by atoms with Gasteiger partial charge in [-0.3, -0.25) is 9.69 Å². The molecular formula is C25H31Cl2N5O. The number of hydrogen-bond acceptors (Lipinski definition) is 4. The number of piperidine rings is 1. The number of rotatable bonds is 4. The van der Waals surface area contributed by atoms with Crippen LogP contribution in [0.3, 0.4) is 0 Å². The SMILES string of the molecule is Cl.Cl.O=c1c(-c2nccn2[C@H]2CCN(Cc3ccccc3)C2)ccc2n1C[C@@H]1CNC[C@H]2C1. The Hall–Kier alpha value is -2.12. The third kappa shape index (κ3) is 4.50. The molecule has 0 aliphatic carbocycles. The first-order chi connectivity index (χ1) is 15.3. The quantitative estimate of drug-likeness (QED) is 0.609. The van der Waals surface area contributed by atoms with Crippen LogP contribution in [0.4, 0.5) is 0 Å². The summed E-state index contributed by atoms with van der Waals surface area (Å²) in [5, 5.41) is 3.52. The summed E-state index contributed by atoms with van der Waals surface area (Å²) in [5.41, 5.74) is 3.40. The van der Waals surface area contributed by atoms with Crippen molar-refractivity contribution in [3.05, 3.63) is 76.5 Å².